The molecule has 1 saturated heterocycles. The molecule has 0 spiro atoms. The van der Waals surface area contributed by atoms with E-state index >= 15 is 0 Å². The van der Waals surface area contributed by atoms with Crippen LogP contribution in [0.25, 0.3) is 0 Å². The van der Waals surface area contributed by atoms with Gasteiger partial charge in [-0.05, 0) is 63.3 Å². The predicted octanol–water partition coefficient (Wildman–Crippen LogP) is 3.61. The van der Waals surface area contributed by atoms with Crippen LogP contribution < -0.4 is 10.1 Å². The van der Waals surface area contributed by atoms with E-state index in [1.54, 1.807) is 7.11 Å². The van der Waals surface area contributed by atoms with Gasteiger partial charge in [-0.1, -0.05) is 12.1 Å². The van der Waals surface area contributed by atoms with Gasteiger partial charge >= 0.3 is 0 Å². The van der Waals surface area contributed by atoms with Crippen LogP contribution in [0.4, 0.5) is 0 Å². The average Bonchev–Trinajstić information content (AvgIpc) is 2.98. The van der Waals surface area contributed by atoms with Crippen LogP contribution in [0.1, 0.15) is 49.3 Å². The summed E-state index contributed by atoms with van der Waals surface area (Å²) in [6.45, 7) is 3.03. The summed E-state index contributed by atoms with van der Waals surface area (Å²) in [5.41, 5.74) is 2.49. The molecule has 0 aromatic heterocycles. The summed E-state index contributed by atoms with van der Waals surface area (Å²) in [6, 6.07) is 6.89. The number of aryl methyl sites for hydroxylation is 1. The first-order valence-corrected chi connectivity index (χ1v) is 7.68. The van der Waals surface area contributed by atoms with E-state index in [0.717, 1.165) is 18.8 Å². The Labute approximate surface area is 122 Å². The lowest BCUT2D eigenvalue weighted by Gasteiger charge is -2.19. The Balaban J connectivity index is 1.89. The Morgan fingerprint density at radius 3 is 2.95 bits per heavy atom. The van der Waals surface area contributed by atoms with Crippen molar-refractivity contribution in [3.63, 3.8) is 0 Å². The molecule has 1 aromatic carbocycles. The van der Waals surface area contributed by atoms with E-state index in [-0.39, 0.29) is 0 Å². The molecule has 1 N–H and O–H groups in total. The first kappa shape index (κ1) is 15.3. The van der Waals surface area contributed by atoms with Crippen LogP contribution in [0.3, 0.4) is 0 Å². The molecule has 0 saturated carbocycles. The van der Waals surface area contributed by atoms with E-state index in [2.05, 4.69) is 30.4 Å². The highest BCUT2D eigenvalue weighted by molar-refractivity contribution is 5.37. The fourth-order valence-corrected chi connectivity index (χ4v) is 2.95. The highest BCUT2D eigenvalue weighted by atomic mass is 16.5. The smallest absolute Gasteiger partial charge is 0.122 e. The van der Waals surface area contributed by atoms with Gasteiger partial charge in [-0.15, -0.1) is 0 Å². The van der Waals surface area contributed by atoms with E-state index in [1.807, 2.05) is 7.05 Å². The number of rotatable bonds is 7. The fourth-order valence-electron chi connectivity index (χ4n) is 2.95. The van der Waals surface area contributed by atoms with Crippen molar-refractivity contribution >= 4 is 0 Å². The van der Waals surface area contributed by atoms with Gasteiger partial charge in [0, 0.05) is 12.6 Å². The van der Waals surface area contributed by atoms with Gasteiger partial charge in [-0.2, -0.15) is 0 Å². The molecule has 0 radical (unpaired) electrons. The maximum atomic E-state index is 5.69. The Kier molecular flexibility index (Phi) is 5.86. The summed E-state index contributed by atoms with van der Waals surface area (Å²) >= 11 is 0. The lowest BCUT2D eigenvalue weighted by Crippen LogP contribution is -2.17. The second kappa shape index (κ2) is 7.65. The van der Waals surface area contributed by atoms with Crippen LogP contribution in [-0.2, 0) is 4.74 Å². The highest BCUT2D eigenvalue weighted by Gasteiger charge is 2.16. The molecule has 0 bridgehead atoms. The molecule has 2 unspecified atom stereocenters. The molecule has 3 nitrogen and oxygen atoms in total. The summed E-state index contributed by atoms with van der Waals surface area (Å²) in [5.74, 6) is 0.974. The van der Waals surface area contributed by atoms with Gasteiger partial charge in [0.2, 0.25) is 0 Å². The zero-order chi connectivity index (χ0) is 14.4. The number of ether oxygens (including phenoxy) is 2. The average molecular weight is 277 g/mol. The normalized spacial score (nSPS) is 20.1. The minimum absolute atomic E-state index is 0.394. The summed E-state index contributed by atoms with van der Waals surface area (Å²) in [6.07, 6.45) is 6.49. The van der Waals surface area contributed by atoms with E-state index in [4.69, 9.17) is 9.47 Å². The van der Waals surface area contributed by atoms with Crippen molar-refractivity contribution < 1.29 is 9.47 Å². The van der Waals surface area contributed by atoms with Crippen LogP contribution in [0.15, 0.2) is 18.2 Å². The van der Waals surface area contributed by atoms with Gasteiger partial charge in [0.1, 0.15) is 5.75 Å². The number of nitrogens with one attached hydrogen (secondary N) is 1. The van der Waals surface area contributed by atoms with Crippen molar-refractivity contribution in [1.29, 1.82) is 0 Å². The molecule has 112 valence electrons. The van der Waals surface area contributed by atoms with E-state index < -0.39 is 0 Å². The Hall–Kier alpha value is -1.06. The van der Waals surface area contributed by atoms with Crippen molar-refractivity contribution in [2.75, 3.05) is 20.8 Å². The zero-order valence-corrected chi connectivity index (χ0v) is 12.9. The highest BCUT2D eigenvalue weighted by Crippen LogP contribution is 2.27. The third-order valence-corrected chi connectivity index (χ3v) is 4.23. The Morgan fingerprint density at radius 2 is 2.30 bits per heavy atom. The molecule has 1 fully saturated rings. The van der Waals surface area contributed by atoms with Crippen LogP contribution in [0, 0.1) is 6.92 Å². The second-order valence-corrected chi connectivity index (χ2v) is 5.64. The molecule has 3 heteroatoms. The Bertz CT molecular complexity index is 413. The second-order valence-electron chi connectivity index (χ2n) is 5.64. The van der Waals surface area contributed by atoms with E-state index in [0.29, 0.717) is 12.1 Å². The lowest BCUT2D eigenvalue weighted by atomic mass is 9.98. The molecular weight excluding hydrogens is 250 g/mol. The number of benzene rings is 1. The summed E-state index contributed by atoms with van der Waals surface area (Å²) in [4.78, 5) is 0. The lowest BCUT2D eigenvalue weighted by molar-refractivity contribution is 0.101. The van der Waals surface area contributed by atoms with E-state index in [9.17, 15) is 0 Å². The number of methoxy groups -OCH3 is 1. The van der Waals surface area contributed by atoms with Crippen molar-refractivity contribution in [3.8, 4) is 5.75 Å². The molecule has 2 rings (SSSR count). The van der Waals surface area contributed by atoms with Gasteiger partial charge in [-0.25, -0.2) is 0 Å². The van der Waals surface area contributed by atoms with Gasteiger partial charge in [0.25, 0.3) is 0 Å². The minimum atomic E-state index is 0.394. The van der Waals surface area contributed by atoms with Crippen molar-refractivity contribution in [2.45, 2.75) is 51.2 Å². The molecular formula is C17H27NO2. The van der Waals surface area contributed by atoms with Gasteiger partial charge < -0.3 is 14.8 Å². The van der Waals surface area contributed by atoms with Crippen molar-refractivity contribution in [1.82, 2.24) is 5.32 Å². The molecule has 1 aliphatic rings. The van der Waals surface area contributed by atoms with Gasteiger partial charge in [0.05, 0.1) is 13.2 Å². The first-order chi connectivity index (χ1) is 9.74. The minimum Gasteiger partial charge on any atom is -0.496 e. The van der Waals surface area contributed by atoms with Gasteiger partial charge in [-0.3, -0.25) is 0 Å². The fraction of sp³-hybridized carbons (Fsp3) is 0.647. The van der Waals surface area contributed by atoms with Crippen LogP contribution >= 0.6 is 0 Å². The predicted molar refractivity (Wildman–Crippen MR) is 82.4 cm³/mol. The molecule has 1 aromatic rings. The van der Waals surface area contributed by atoms with Crippen LogP contribution in [0.5, 0.6) is 5.75 Å². The van der Waals surface area contributed by atoms with Crippen molar-refractivity contribution in [3.05, 3.63) is 29.3 Å². The number of hydrogen-bond acceptors (Lipinski definition) is 3. The Morgan fingerprint density at radius 1 is 1.45 bits per heavy atom. The SMILES string of the molecule is CNC(CCCC1CCCO1)c1ccc(C)c(OC)c1. The summed E-state index contributed by atoms with van der Waals surface area (Å²) in [7, 11) is 3.76. The van der Waals surface area contributed by atoms with Crippen LogP contribution in [0.2, 0.25) is 0 Å². The monoisotopic (exact) mass is 277 g/mol. The molecule has 2 atom stereocenters. The molecule has 0 aliphatic carbocycles. The largest absolute Gasteiger partial charge is 0.496 e. The summed E-state index contributed by atoms with van der Waals surface area (Å²) < 4.78 is 11.1. The quantitative estimate of drug-likeness (QED) is 0.826. The summed E-state index contributed by atoms with van der Waals surface area (Å²) in [5, 5.41) is 3.42. The molecule has 20 heavy (non-hydrogen) atoms. The van der Waals surface area contributed by atoms with Crippen molar-refractivity contribution in [2.24, 2.45) is 0 Å². The molecule has 1 heterocycles. The molecule has 1 aliphatic heterocycles. The number of hydrogen-bond donors (Lipinski definition) is 1. The third-order valence-electron chi connectivity index (χ3n) is 4.23. The topological polar surface area (TPSA) is 30.5 Å². The standard InChI is InChI=1S/C17H27NO2/c1-13-9-10-14(12-17(13)19-3)16(18-2)8-4-6-15-7-5-11-20-15/h9-10,12,15-16,18H,4-8,11H2,1-3H3. The van der Waals surface area contributed by atoms with E-state index in [1.165, 1.54) is 36.8 Å². The zero-order valence-electron chi connectivity index (χ0n) is 12.9. The first-order valence-electron chi connectivity index (χ1n) is 7.68. The third kappa shape index (κ3) is 3.97. The van der Waals surface area contributed by atoms with Crippen LogP contribution in [-0.4, -0.2) is 26.9 Å². The maximum absolute atomic E-state index is 5.69. The maximum Gasteiger partial charge on any atom is 0.122 e. The van der Waals surface area contributed by atoms with Gasteiger partial charge in [0.15, 0.2) is 0 Å². The molecule has 0 amide bonds.